The highest BCUT2D eigenvalue weighted by Crippen LogP contribution is 2.15. The maximum Gasteiger partial charge on any atom is 0.0448 e. The zero-order valence-electron chi connectivity index (χ0n) is 8.71. The van der Waals surface area contributed by atoms with Crippen molar-refractivity contribution in [2.45, 2.75) is 51.1 Å². The molecule has 13 heavy (non-hydrogen) atoms. The molecule has 2 heteroatoms. The van der Waals surface area contributed by atoms with Gasteiger partial charge in [-0.3, -0.25) is 0 Å². The number of hydrogen-bond donors (Lipinski definition) is 2. The average Bonchev–Trinajstić information content (AvgIpc) is 2.04. The molecule has 1 rings (SSSR count). The number of hydrogen-bond acceptors (Lipinski definition) is 2. The highest BCUT2D eigenvalue weighted by Gasteiger charge is 2.20. The summed E-state index contributed by atoms with van der Waals surface area (Å²) in [7, 11) is 0. The van der Waals surface area contributed by atoms with Crippen molar-refractivity contribution < 1.29 is 5.11 Å². The summed E-state index contributed by atoms with van der Waals surface area (Å²) in [5.74, 6) is 0. The van der Waals surface area contributed by atoms with E-state index >= 15 is 0 Å². The fourth-order valence-electron chi connectivity index (χ4n) is 1.79. The Morgan fingerprint density at radius 2 is 2.31 bits per heavy atom. The van der Waals surface area contributed by atoms with Crippen molar-refractivity contribution in [1.29, 1.82) is 0 Å². The second-order valence-electron chi connectivity index (χ2n) is 4.47. The second-order valence-corrected chi connectivity index (χ2v) is 4.47. The van der Waals surface area contributed by atoms with E-state index < -0.39 is 0 Å². The van der Waals surface area contributed by atoms with Crippen molar-refractivity contribution in [1.82, 2.24) is 5.32 Å². The number of aliphatic hydroxyl groups excluding tert-OH is 1. The molecule has 1 atom stereocenters. The van der Waals surface area contributed by atoms with Gasteiger partial charge in [0.25, 0.3) is 0 Å². The molecule has 0 fully saturated rings. The van der Waals surface area contributed by atoms with Crippen LogP contribution in [0.5, 0.6) is 0 Å². The van der Waals surface area contributed by atoms with Crippen LogP contribution in [0.4, 0.5) is 0 Å². The summed E-state index contributed by atoms with van der Waals surface area (Å²) in [5, 5.41) is 12.4. The van der Waals surface area contributed by atoms with Gasteiger partial charge >= 0.3 is 0 Å². The van der Waals surface area contributed by atoms with Gasteiger partial charge in [0.15, 0.2) is 0 Å². The number of rotatable bonds is 4. The molecule has 0 aliphatic heterocycles. The van der Waals surface area contributed by atoms with Crippen LogP contribution in [-0.2, 0) is 0 Å². The van der Waals surface area contributed by atoms with Gasteiger partial charge in [0.05, 0.1) is 0 Å². The molecule has 0 saturated heterocycles. The van der Waals surface area contributed by atoms with Gasteiger partial charge in [-0.25, -0.2) is 0 Å². The summed E-state index contributed by atoms with van der Waals surface area (Å²) >= 11 is 0. The molecule has 76 valence electrons. The van der Waals surface area contributed by atoms with Crippen LogP contribution in [0, 0.1) is 0 Å². The number of allylic oxidation sites excluding steroid dienone is 1. The lowest BCUT2D eigenvalue weighted by molar-refractivity contribution is 0.222. The lowest BCUT2D eigenvalue weighted by Crippen LogP contribution is -2.46. The van der Waals surface area contributed by atoms with Crippen molar-refractivity contribution >= 4 is 0 Å². The van der Waals surface area contributed by atoms with Crippen molar-refractivity contribution in [3.63, 3.8) is 0 Å². The first kappa shape index (κ1) is 10.7. The van der Waals surface area contributed by atoms with E-state index in [1.165, 1.54) is 19.3 Å². The monoisotopic (exact) mass is 183 g/mol. The number of aliphatic hydroxyl groups is 1. The predicted octanol–water partition coefficient (Wildman–Crippen LogP) is 1.85. The Kier molecular flexibility index (Phi) is 3.94. The fourth-order valence-corrected chi connectivity index (χ4v) is 1.79. The summed E-state index contributed by atoms with van der Waals surface area (Å²) in [6, 6.07) is 0.510. The van der Waals surface area contributed by atoms with Crippen LogP contribution in [0.1, 0.15) is 39.5 Å². The molecule has 0 amide bonds. The summed E-state index contributed by atoms with van der Waals surface area (Å²) in [6.07, 6.45) is 9.05. The Balaban J connectivity index is 2.37. The van der Waals surface area contributed by atoms with Crippen LogP contribution in [-0.4, -0.2) is 23.3 Å². The van der Waals surface area contributed by atoms with E-state index in [9.17, 15) is 0 Å². The van der Waals surface area contributed by atoms with E-state index in [1.54, 1.807) is 0 Å². The maximum atomic E-state index is 8.87. The van der Waals surface area contributed by atoms with E-state index in [2.05, 4.69) is 31.3 Å². The standard InChI is InChI=1S/C11H21NO/c1-11(2,8-9-13)12-10-6-4-3-5-7-10/h4,6,10,12-13H,3,5,7-9H2,1-2H3. The van der Waals surface area contributed by atoms with Crippen LogP contribution in [0.25, 0.3) is 0 Å². The van der Waals surface area contributed by atoms with Crippen molar-refractivity contribution in [3.8, 4) is 0 Å². The fraction of sp³-hybridized carbons (Fsp3) is 0.818. The quantitative estimate of drug-likeness (QED) is 0.652. The molecular weight excluding hydrogens is 162 g/mol. The van der Waals surface area contributed by atoms with E-state index in [-0.39, 0.29) is 12.1 Å². The molecule has 0 aromatic carbocycles. The molecule has 0 saturated carbocycles. The van der Waals surface area contributed by atoms with Crippen molar-refractivity contribution in [2.75, 3.05) is 6.61 Å². The Hall–Kier alpha value is -0.340. The van der Waals surface area contributed by atoms with Crippen LogP contribution in [0.15, 0.2) is 12.2 Å². The van der Waals surface area contributed by atoms with Crippen LogP contribution in [0.2, 0.25) is 0 Å². The highest BCUT2D eigenvalue weighted by atomic mass is 16.3. The first-order valence-corrected chi connectivity index (χ1v) is 5.19. The molecule has 0 heterocycles. The minimum absolute atomic E-state index is 0.0566. The Morgan fingerprint density at radius 1 is 1.54 bits per heavy atom. The van der Waals surface area contributed by atoms with Gasteiger partial charge in [0, 0.05) is 18.2 Å². The maximum absolute atomic E-state index is 8.87. The molecule has 0 radical (unpaired) electrons. The molecule has 0 aromatic heterocycles. The largest absolute Gasteiger partial charge is 0.396 e. The Labute approximate surface area is 81.0 Å². The summed E-state index contributed by atoms with van der Waals surface area (Å²) < 4.78 is 0. The van der Waals surface area contributed by atoms with E-state index in [0.29, 0.717) is 6.04 Å². The summed E-state index contributed by atoms with van der Waals surface area (Å²) in [4.78, 5) is 0. The van der Waals surface area contributed by atoms with Crippen LogP contribution in [0.3, 0.4) is 0 Å². The van der Waals surface area contributed by atoms with Gasteiger partial charge in [-0.15, -0.1) is 0 Å². The summed E-state index contributed by atoms with van der Waals surface area (Å²) in [5.41, 5.74) is 0.0566. The molecule has 0 bridgehead atoms. The van der Waals surface area contributed by atoms with Gasteiger partial charge < -0.3 is 10.4 Å². The third kappa shape index (κ3) is 3.92. The third-order valence-corrected chi connectivity index (χ3v) is 2.57. The minimum Gasteiger partial charge on any atom is -0.396 e. The van der Waals surface area contributed by atoms with E-state index in [0.717, 1.165) is 6.42 Å². The van der Waals surface area contributed by atoms with Gasteiger partial charge in [-0.1, -0.05) is 12.2 Å². The topological polar surface area (TPSA) is 32.3 Å². The first-order chi connectivity index (χ1) is 6.14. The smallest absolute Gasteiger partial charge is 0.0448 e. The Bertz CT molecular complexity index is 175. The number of nitrogens with one attached hydrogen (secondary N) is 1. The van der Waals surface area contributed by atoms with Crippen molar-refractivity contribution in [2.24, 2.45) is 0 Å². The molecule has 0 spiro atoms. The molecule has 0 aromatic rings. The predicted molar refractivity (Wildman–Crippen MR) is 55.7 cm³/mol. The van der Waals surface area contributed by atoms with Crippen molar-refractivity contribution in [3.05, 3.63) is 12.2 Å². The van der Waals surface area contributed by atoms with Gasteiger partial charge in [0.1, 0.15) is 0 Å². The lowest BCUT2D eigenvalue weighted by Gasteiger charge is -2.31. The first-order valence-electron chi connectivity index (χ1n) is 5.19. The molecular formula is C11H21NO. The SMILES string of the molecule is CC(C)(CCO)NC1C=CCCC1. The average molecular weight is 183 g/mol. The molecule has 2 nitrogen and oxygen atoms in total. The third-order valence-electron chi connectivity index (χ3n) is 2.57. The molecule has 1 aliphatic carbocycles. The van der Waals surface area contributed by atoms with Crippen LogP contribution >= 0.6 is 0 Å². The van der Waals surface area contributed by atoms with Crippen LogP contribution < -0.4 is 5.32 Å². The zero-order valence-corrected chi connectivity index (χ0v) is 8.71. The normalized spacial score (nSPS) is 23.5. The van der Waals surface area contributed by atoms with E-state index in [1.807, 2.05) is 0 Å². The van der Waals surface area contributed by atoms with Gasteiger partial charge in [-0.2, -0.15) is 0 Å². The van der Waals surface area contributed by atoms with Gasteiger partial charge in [0.2, 0.25) is 0 Å². The Morgan fingerprint density at radius 3 is 2.85 bits per heavy atom. The molecule has 1 unspecified atom stereocenters. The van der Waals surface area contributed by atoms with Gasteiger partial charge in [-0.05, 0) is 39.5 Å². The highest BCUT2D eigenvalue weighted by molar-refractivity contribution is 5.00. The molecule has 1 aliphatic rings. The lowest BCUT2D eigenvalue weighted by atomic mass is 9.96. The summed E-state index contributed by atoms with van der Waals surface area (Å²) in [6.45, 7) is 4.55. The molecule has 2 N–H and O–H groups in total. The minimum atomic E-state index is 0.0566. The van der Waals surface area contributed by atoms with E-state index in [4.69, 9.17) is 5.11 Å². The second kappa shape index (κ2) is 4.77. The zero-order chi connectivity index (χ0) is 9.73.